The molecule has 2 heterocycles. The molecule has 1 fully saturated rings. The number of aliphatic carboxylic acids is 1. The van der Waals surface area contributed by atoms with E-state index >= 15 is 0 Å². The van der Waals surface area contributed by atoms with E-state index in [1.54, 1.807) is 24.5 Å². The summed E-state index contributed by atoms with van der Waals surface area (Å²) in [6.07, 6.45) is 4.65. The van der Waals surface area contributed by atoms with Crippen LogP contribution in [0.1, 0.15) is 23.3 Å². The van der Waals surface area contributed by atoms with E-state index in [0.717, 1.165) is 35.9 Å². The lowest BCUT2D eigenvalue weighted by Crippen LogP contribution is -2.41. The summed E-state index contributed by atoms with van der Waals surface area (Å²) >= 11 is 1.59. The third-order valence-corrected chi connectivity index (χ3v) is 4.37. The van der Waals surface area contributed by atoms with Crippen molar-refractivity contribution in [1.82, 2.24) is 10.2 Å². The number of likely N-dealkylation sites (tertiary alicyclic amines) is 1. The highest BCUT2D eigenvalue weighted by molar-refractivity contribution is 7.10. The summed E-state index contributed by atoms with van der Waals surface area (Å²) in [5.41, 5.74) is 0.917. The van der Waals surface area contributed by atoms with Crippen LogP contribution in [-0.4, -0.2) is 41.5 Å². The molecule has 0 aliphatic carbocycles. The maximum absolute atomic E-state index is 11.8. The van der Waals surface area contributed by atoms with Gasteiger partial charge in [0, 0.05) is 24.5 Å². The zero-order valence-corrected chi connectivity index (χ0v) is 12.2. The number of carboxylic acids is 1. The van der Waals surface area contributed by atoms with Gasteiger partial charge in [0.05, 0.1) is 6.04 Å². The number of carbonyl (C=O) groups excluding carboxylic acids is 1. The molecule has 0 saturated carbocycles. The lowest BCUT2D eigenvalue weighted by molar-refractivity contribution is -0.131. The van der Waals surface area contributed by atoms with Crippen LogP contribution in [-0.2, 0) is 16.1 Å². The molecule has 1 aromatic heterocycles. The first-order valence-electron chi connectivity index (χ1n) is 6.55. The summed E-state index contributed by atoms with van der Waals surface area (Å²) in [4.78, 5) is 25.6. The number of likely N-dealkylation sites (N-methyl/N-ethyl adjacent to an activating group) is 1. The van der Waals surface area contributed by atoms with Crippen molar-refractivity contribution in [2.75, 3.05) is 13.6 Å². The van der Waals surface area contributed by atoms with Gasteiger partial charge >= 0.3 is 5.97 Å². The average Bonchev–Trinajstić information content (AvgIpc) is 3.05. The fourth-order valence-corrected chi connectivity index (χ4v) is 3.34. The third kappa shape index (κ3) is 3.46. The van der Waals surface area contributed by atoms with Crippen LogP contribution < -0.4 is 5.32 Å². The van der Waals surface area contributed by atoms with E-state index in [1.807, 2.05) is 11.4 Å². The number of nitrogens with zero attached hydrogens (tertiary/aromatic N) is 1. The molecule has 1 amide bonds. The minimum Gasteiger partial charge on any atom is -0.478 e. The van der Waals surface area contributed by atoms with Crippen molar-refractivity contribution in [3.05, 3.63) is 28.0 Å². The molecule has 0 spiro atoms. The van der Waals surface area contributed by atoms with E-state index in [-0.39, 0.29) is 11.9 Å². The fourth-order valence-electron chi connectivity index (χ4n) is 2.45. The molecule has 1 atom stereocenters. The Kier molecular flexibility index (Phi) is 4.92. The number of hydrogen-bond acceptors (Lipinski definition) is 4. The first-order valence-corrected chi connectivity index (χ1v) is 7.43. The van der Waals surface area contributed by atoms with E-state index in [0.29, 0.717) is 6.54 Å². The lowest BCUT2D eigenvalue weighted by atomic mass is 10.2. The van der Waals surface area contributed by atoms with Crippen LogP contribution in [0.15, 0.2) is 17.5 Å². The number of amides is 1. The molecule has 1 saturated heterocycles. The second-order valence-corrected chi connectivity index (χ2v) is 5.71. The molecular weight excluding hydrogens is 276 g/mol. The number of hydrogen-bond donors (Lipinski definition) is 2. The number of thiophene rings is 1. The molecule has 1 aliphatic rings. The number of nitrogens with one attached hydrogen (secondary N) is 1. The van der Waals surface area contributed by atoms with Gasteiger partial charge in [-0.1, -0.05) is 0 Å². The van der Waals surface area contributed by atoms with E-state index < -0.39 is 5.97 Å². The summed E-state index contributed by atoms with van der Waals surface area (Å²) in [6, 6.07) is 1.84. The zero-order valence-electron chi connectivity index (χ0n) is 11.3. The van der Waals surface area contributed by atoms with Gasteiger partial charge in [-0.15, -0.1) is 11.3 Å². The highest BCUT2D eigenvalue weighted by Gasteiger charge is 2.30. The van der Waals surface area contributed by atoms with Crippen LogP contribution in [0.5, 0.6) is 0 Å². The van der Waals surface area contributed by atoms with Gasteiger partial charge in [0.2, 0.25) is 5.91 Å². The number of carboxylic acid groups (broad SMARTS) is 1. The summed E-state index contributed by atoms with van der Waals surface area (Å²) in [5, 5.41) is 13.3. The normalized spacial score (nSPS) is 19.6. The Labute approximate surface area is 121 Å². The van der Waals surface area contributed by atoms with Crippen LogP contribution in [0.2, 0.25) is 0 Å². The SMILES string of the molecule is CNC(=O)C1CCCN1Cc1sccc1C=CC(=O)O. The molecule has 1 aromatic rings. The van der Waals surface area contributed by atoms with Crippen molar-refractivity contribution in [2.45, 2.75) is 25.4 Å². The predicted molar refractivity (Wildman–Crippen MR) is 78.5 cm³/mol. The van der Waals surface area contributed by atoms with Crippen molar-refractivity contribution in [2.24, 2.45) is 0 Å². The number of carbonyl (C=O) groups is 2. The lowest BCUT2D eigenvalue weighted by Gasteiger charge is -2.22. The highest BCUT2D eigenvalue weighted by atomic mass is 32.1. The highest BCUT2D eigenvalue weighted by Crippen LogP contribution is 2.25. The minimum atomic E-state index is -0.952. The molecule has 0 bridgehead atoms. The monoisotopic (exact) mass is 294 g/mol. The molecular formula is C14H18N2O3S. The van der Waals surface area contributed by atoms with Crippen molar-refractivity contribution in [3.63, 3.8) is 0 Å². The molecule has 1 unspecified atom stereocenters. The summed E-state index contributed by atoms with van der Waals surface area (Å²) in [5.74, 6) is -0.895. The molecule has 5 nitrogen and oxygen atoms in total. The first-order chi connectivity index (χ1) is 9.61. The maximum atomic E-state index is 11.8. The van der Waals surface area contributed by atoms with E-state index in [2.05, 4.69) is 10.2 Å². The van der Waals surface area contributed by atoms with Gasteiger partial charge in [0.1, 0.15) is 0 Å². The number of rotatable bonds is 5. The second-order valence-electron chi connectivity index (χ2n) is 4.71. The van der Waals surface area contributed by atoms with Crippen molar-refractivity contribution >= 4 is 29.3 Å². The maximum Gasteiger partial charge on any atom is 0.328 e. The Bertz CT molecular complexity index is 524. The molecule has 1 aliphatic heterocycles. The van der Waals surface area contributed by atoms with Gasteiger partial charge in [0.15, 0.2) is 0 Å². The van der Waals surface area contributed by atoms with Gasteiger partial charge in [-0.3, -0.25) is 9.69 Å². The summed E-state index contributed by atoms with van der Waals surface area (Å²) < 4.78 is 0. The van der Waals surface area contributed by atoms with Gasteiger partial charge in [-0.2, -0.15) is 0 Å². The molecule has 108 valence electrons. The predicted octanol–water partition coefficient (Wildman–Crippen LogP) is 1.56. The van der Waals surface area contributed by atoms with Crippen LogP contribution in [0.25, 0.3) is 6.08 Å². The van der Waals surface area contributed by atoms with Crippen LogP contribution >= 0.6 is 11.3 Å². The standard InChI is InChI=1S/C14H18N2O3S/c1-15-14(19)11-3-2-7-16(11)9-12-10(6-8-20-12)4-5-13(17)18/h4-6,8,11H,2-3,7,9H2,1H3,(H,15,19)(H,17,18). The van der Waals surface area contributed by atoms with Gasteiger partial charge in [-0.25, -0.2) is 4.79 Å². The Morgan fingerprint density at radius 3 is 3.10 bits per heavy atom. The van der Waals surface area contributed by atoms with E-state index in [9.17, 15) is 9.59 Å². The van der Waals surface area contributed by atoms with Crippen molar-refractivity contribution in [3.8, 4) is 0 Å². The third-order valence-electron chi connectivity index (χ3n) is 3.44. The molecule has 2 rings (SSSR count). The second kappa shape index (κ2) is 6.67. The Morgan fingerprint density at radius 2 is 2.40 bits per heavy atom. The van der Waals surface area contributed by atoms with Gasteiger partial charge in [0.25, 0.3) is 0 Å². The Balaban J connectivity index is 2.08. The summed E-state index contributed by atoms with van der Waals surface area (Å²) in [7, 11) is 1.66. The molecule has 6 heteroatoms. The average molecular weight is 294 g/mol. The van der Waals surface area contributed by atoms with Crippen LogP contribution in [0, 0.1) is 0 Å². The smallest absolute Gasteiger partial charge is 0.328 e. The van der Waals surface area contributed by atoms with Crippen molar-refractivity contribution in [1.29, 1.82) is 0 Å². The topological polar surface area (TPSA) is 69.6 Å². The minimum absolute atomic E-state index is 0.0571. The largest absolute Gasteiger partial charge is 0.478 e. The fraction of sp³-hybridized carbons (Fsp3) is 0.429. The van der Waals surface area contributed by atoms with Gasteiger partial charge in [-0.05, 0) is 42.5 Å². The van der Waals surface area contributed by atoms with Crippen LogP contribution in [0.3, 0.4) is 0 Å². The van der Waals surface area contributed by atoms with Crippen molar-refractivity contribution < 1.29 is 14.7 Å². The quantitative estimate of drug-likeness (QED) is 0.809. The first kappa shape index (κ1) is 14.7. The van der Waals surface area contributed by atoms with Crippen LogP contribution in [0.4, 0.5) is 0 Å². The Morgan fingerprint density at radius 1 is 1.60 bits per heavy atom. The molecule has 0 radical (unpaired) electrons. The molecule has 20 heavy (non-hydrogen) atoms. The molecule has 2 N–H and O–H groups in total. The zero-order chi connectivity index (χ0) is 14.5. The molecule has 0 aromatic carbocycles. The summed E-state index contributed by atoms with van der Waals surface area (Å²) in [6.45, 7) is 1.59. The van der Waals surface area contributed by atoms with E-state index in [4.69, 9.17) is 5.11 Å². The van der Waals surface area contributed by atoms with E-state index in [1.165, 1.54) is 0 Å². The van der Waals surface area contributed by atoms with Gasteiger partial charge < -0.3 is 10.4 Å². The Hall–Kier alpha value is -1.66.